The lowest BCUT2D eigenvalue weighted by Gasteiger charge is -2.32. The first-order valence-electron chi connectivity index (χ1n) is 13.1. The Labute approximate surface area is 250 Å². The lowest BCUT2D eigenvalue weighted by molar-refractivity contribution is -0.143. The highest BCUT2D eigenvalue weighted by atomic mass is 79.9. The van der Waals surface area contributed by atoms with Gasteiger partial charge in [0.2, 0.25) is 5.91 Å². The van der Waals surface area contributed by atoms with Gasteiger partial charge in [0.15, 0.2) is 6.61 Å². The van der Waals surface area contributed by atoms with Crippen molar-refractivity contribution in [1.82, 2.24) is 10.2 Å². The van der Waals surface area contributed by atoms with Crippen LogP contribution in [0.2, 0.25) is 10.0 Å². The standard InChI is InChI=1S/C31H35BrCl2N2O3/c1-5-21(4)35-31(38)28(15-22-9-7-6-8-10-22)36(18-24-11-13-25(33)17-27(24)34)30(37)19-39-29-14-12-23(20(2)3)16-26(29)32/h6-14,16-17,20-21,28H,5,15,18-19H2,1-4H3,(H,35,38). The van der Waals surface area contributed by atoms with Gasteiger partial charge in [0, 0.05) is 29.1 Å². The molecule has 39 heavy (non-hydrogen) atoms. The normalized spacial score (nSPS) is 12.6. The lowest BCUT2D eigenvalue weighted by Crippen LogP contribution is -2.53. The number of ether oxygens (including phenoxy) is 1. The summed E-state index contributed by atoms with van der Waals surface area (Å²) < 4.78 is 6.73. The Morgan fingerprint density at radius 2 is 1.72 bits per heavy atom. The molecule has 3 aromatic carbocycles. The van der Waals surface area contributed by atoms with Gasteiger partial charge in [-0.2, -0.15) is 0 Å². The van der Waals surface area contributed by atoms with Gasteiger partial charge in [-0.3, -0.25) is 9.59 Å². The van der Waals surface area contributed by atoms with E-state index in [9.17, 15) is 9.59 Å². The zero-order valence-electron chi connectivity index (χ0n) is 22.7. The van der Waals surface area contributed by atoms with E-state index in [2.05, 4.69) is 35.1 Å². The van der Waals surface area contributed by atoms with Gasteiger partial charge < -0.3 is 15.0 Å². The van der Waals surface area contributed by atoms with E-state index in [1.54, 1.807) is 23.1 Å². The molecule has 2 atom stereocenters. The minimum Gasteiger partial charge on any atom is -0.483 e. The molecule has 0 aromatic heterocycles. The molecule has 3 rings (SSSR count). The van der Waals surface area contributed by atoms with Gasteiger partial charge in [-0.25, -0.2) is 0 Å². The topological polar surface area (TPSA) is 58.6 Å². The molecule has 0 radical (unpaired) electrons. The molecule has 208 valence electrons. The Morgan fingerprint density at radius 3 is 2.33 bits per heavy atom. The number of carbonyl (C=O) groups excluding carboxylic acids is 2. The summed E-state index contributed by atoms with van der Waals surface area (Å²) in [5.74, 6) is 0.357. The smallest absolute Gasteiger partial charge is 0.261 e. The van der Waals surface area contributed by atoms with Crippen LogP contribution in [0.15, 0.2) is 71.2 Å². The molecular formula is C31H35BrCl2N2O3. The molecule has 5 nitrogen and oxygen atoms in total. The monoisotopic (exact) mass is 632 g/mol. The van der Waals surface area contributed by atoms with Crippen LogP contribution in [0, 0.1) is 0 Å². The van der Waals surface area contributed by atoms with Crippen LogP contribution in [0.5, 0.6) is 5.75 Å². The van der Waals surface area contributed by atoms with E-state index in [1.807, 2.05) is 62.4 Å². The van der Waals surface area contributed by atoms with Crippen LogP contribution in [0.25, 0.3) is 0 Å². The van der Waals surface area contributed by atoms with Gasteiger partial charge >= 0.3 is 0 Å². The van der Waals surface area contributed by atoms with Crippen LogP contribution in [-0.4, -0.2) is 35.4 Å². The summed E-state index contributed by atoms with van der Waals surface area (Å²) in [6.07, 6.45) is 1.11. The van der Waals surface area contributed by atoms with Crippen molar-refractivity contribution < 1.29 is 14.3 Å². The largest absolute Gasteiger partial charge is 0.483 e. The highest BCUT2D eigenvalue weighted by Crippen LogP contribution is 2.29. The first-order chi connectivity index (χ1) is 18.6. The lowest BCUT2D eigenvalue weighted by atomic mass is 10.0. The zero-order valence-corrected chi connectivity index (χ0v) is 25.8. The van der Waals surface area contributed by atoms with E-state index in [0.717, 1.165) is 22.0 Å². The summed E-state index contributed by atoms with van der Waals surface area (Å²) in [5.41, 5.74) is 2.78. The minimum atomic E-state index is -0.781. The second kappa shape index (κ2) is 14.7. The summed E-state index contributed by atoms with van der Waals surface area (Å²) in [7, 11) is 0. The predicted octanol–water partition coefficient (Wildman–Crippen LogP) is 7.81. The number of hydrogen-bond acceptors (Lipinski definition) is 3. The fourth-order valence-electron chi connectivity index (χ4n) is 4.04. The summed E-state index contributed by atoms with van der Waals surface area (Å²) in [6.45, 7) is 8.06. The van der Waals surface area contributed by atoms with E-state index in [4.69, 9.17) is 27.9 Å². The molecule has 0 aliphatic rings. The highest BCUT2D eigenvalue weighted by Gasteiger charge is 2.31. The molecule has 0 spiro atoms. The molecule has 0 heterocycles. The molecule has 0 aliphatic heterocycles. The van der Waals surface area contributed by atoms with Gasteiger partial charge in [-0.05, 0) is 76.1 Å². The third-order valence-electron chi connectivity index (χ3n) is 6.60. The highest BCUT2D eigenvalue weighted by molar-refractivity contribution is 9.10. The van der Waals surface area contributed by atoms with Crippen LogP contribution in [0.1, 0.15) is 56.7 Å². The van der Waals surface area contributed by atoms with Crippen molar-refractivity contribution in [2.75, 3.05) is 6.61 Å². The first kappa shape index (κ1) is 31.0. The van der Waals surface area contributed by atoms with Crippen LogP contribution >= 0.6 is 39.1 Å². The molecule has 1 N–H and O–H groups in total. The van der Waals surface area contributed by atoms with Gasteiger partial charge in [-0.1, -0.05) is 86.4 Å². The van der Waals surface area contributed by atoms with E-state index >= 15 is 0 Å². The van der Waals surface area contributed by atoms with Crippen LogP contribution in [0.4, 0.5) is 0 Å². The number of amides is 2. The Balaban J connectivity index is 1.94. The molecule has 8 heteroatoms. The van der Waals surface area contributed by atoms with Crippen LogP contribution in [-0.2, 0) is 22.6 Å². The van der Waals surface area contributed by atoms with Crippen molar-refractivity contribution in [3.63, 3.8) is 0 Å². The number of benzene rings is 3. The fraction of sp³-hybridized carbons (Fsp3) is 0.355. The van der Waals surface area contributed by atoms with Crippen LogP contribution < -0.4 is 10.1 Å². The molecular weight excluding hydrogens is 599 g/mol. The fourth-order valence-corrected chi connectivity index (χ4v) is 5.02. The molecule has 0 fully saturated rings. The average Bonchev–Trinajstić information content (AvgIpc) is 2.91. The van der Waals surface area contributed by atoms with Crippen molar-refractivity contribution in [2.24, 2.45) is 0 Å². The van der Waals surface area contributed by atoms with E-state index in [1.165, 1.54) is 0 Å². The Hall–Kier alpha value is -2.54. The maximum absolute atomic E-state index is 13.8. The number of halogens is 3. The predicted molar refractivity (Wildman–Crippen MR) is 163 cm³/mol. The van der Waals surface area contributed by atoms with E-state index in [0.29, 0.717) is 33.7 Å². The van der Waals surface area contributed by atoms with E-state index in [-0.39, 0.29) is 31.0 Å². The van der Waals surface area contributed by atoms with Gasteiger partial charge in [0.25, 0.3) is 5.91 Å². The van der Waals surface area contributed by atoms with Gasteiger partial charge in [0.1, 0.15) is 11.8 Å². The number of nitrogens with zero attached hydrogens (tertiary/aromatic N) is 1. The summed E-state index contributed by atoms with van der Waals surface area (Å²) in [5, 5.41) is 3.98. The summed E-state index contributed by atoms with van der Waals surface area (Å²) >= 11 is 16.2. The van der Waals surface area contributed by atoms with Gasteiger partial charge in [0.05, 0.1) is 4.47 Å². The summed E-state index contributed by atoms with van der Waals surface area (Å²) in [4.78, 5) is 29.0. The summed E-state index contributed by atoms with van der Waals surface area (Å²) in [6, 6.07) is 19.8. The Morgan fingerprint density at radius 1 is 1.00 bits per heavy atom. The van der Waals surface area contributed by atoms with Crippen LogP contribution in [0.3, 0.4) is 0 Å². The molecule has 0 bridgehead atoms. The number of hydrogen-bond donors (Lipinski definition) is 1. The SMILES string of the molecule is CCC(C)NC(=O)C(Cc1ccccc1)N(Cc1ccc(Cl)cc1Cl)C(=O)COc1ccc(C(C)C)cc1Br. The second-order valence-corrected chi connectivity index (χ2v) is 11.6. The molecule has 0 saturated carbocycles. The molecule has 3 aromatic rings. The van der Waals surface area contributed by atoms with Crippen molar-refractivity contribution in [3.8, 4) is 5.75 Å². The van der Waals surface area contributed by atoms with E-state index < -0.39 is 6.04 Å². The minimum absolute atomic E-state index is 0.0430. The van der Waals surface area contributed by atoms with Crippen molar-refractivity contribution in [1.29, 1.82) is 0 Å². The second-order valence-electron chi connectivity index (χ2n) is 9.91. The number of rotatable bonds is 12. The number of carbonyl (C=O) groups is 2. The zero-order chi connectivity index (χ0) is 28.5. The average molecular weight is 634 g/mol. The Bertz CT molecular complexity index is 1270. The van der Waals surface area contributed by atoms with Crippen molar-refractivity contribution >= 4 is 50.9 Å². The quantitative estimate of drug-likeness (QED) is 0.221. The molecule has 2 unspecified atom stereocenters. The maximum Gasteiger partial charge on any atom is 0.261 e. The van der Waals surface area contributed by atoms with Gasteiger partial charge in [-0.15, -0.1) is 0 Å². The first-order valence-corrected chi connectivity index (χ1v) is 14.6. The number of nitrogens with one attached hydrogen (secondary N) is 1. The molecule has 0 saturated heterocycles. The van der Waals surface area contributed by atoms with Crippen molar-refractivity contribution in [3.05, 3.63) is 97.9 Å². The molecule has 0 aliphatic carbocycles. The third kappa shape index (κ3) is 8.99. The van der Waals surface area contributed by atoms with Crippen molar-refractivity contribution in [2.45, 2.75) is 65.1 Å². The Kier molecular flexibility index (Phi) is 11.7. The molecule has 2 amide bonds. The maximum atomic E-state index is 13.8. The third-order valence-corrected chi connectivity index (χ3v) is 7.81.